The summed E-state index contributed by atoms with van der Waals surface area (Å²) in [6.45, 7) is 4.90. The van der Waals surface area contributed by atoms with Gasteiger partial charge in [0.2, 0.25) is 0 Å². The number of aryl methyl sites for hydroxylation is 2. The molecule has 0 saturated carbocycles. The van der Waals surface area contributed by atoms with Crippen LogP contribution in [0.2, 0.25) is 0 Å². The maximum atomic E-state index is 12.5. The molecule has 0 atom stereocenters. The Labute approximate surface area is 180 Å². The molecular weight excluding hydrogens is 396 g/mol. The number of amides is 2. The summed E-state index contributed by atoms with van der Waals surface area (Å²) >= 11 is 0. The molecule has 2 amide bonds. The highest BCUT2D eigenvalue weighted by Gasteiger charge is 2.24. The molecule has 0 fully saturated rings. The van der Waals surface area contributed by atoms with Gasteiger partial charge in [-0.1, -0.05) is 42.8 Å². The van der Waals surface area contributed by atoms with Gasteiger partial charge in [0.15, 0.2) is 0 Å². The Hall–Kier alpha value is -2.38. The Kier molecular flexibility index (Phi) is 6.39. The van der Waals surface area contributed by atoms with Gasteiger partial charge in [-0.3, -0.25) is 4.36 Å². The van der Waals surface area contributed by atoms with E-state index in [4.69, 9.17) is 0 Å². The molecule has 2 aromatic carbocycles. The van der Waals surface area contributed by atoms with Gasteiger partial charge in [0.25, 0.3) is 0 Å². The minimum Gasteiger partial charge on any atom is -0.435 e. The Morgan fingerprint density at radius 2 is 1.77 bits per heavy atom. The molecule has 0 aromatic heterocycles. The van der Waals surface area contributed by atoms with E-state index in [-0.39, 0.29) is 0 Å². The van der Waals surface area contributed by atoms with E-state index in [0.717, 1.165) is 56.3 Å². The third-order valence-electron chi connectivity index (χ3n) is 5.72. The molecule has 3 N–H and O–H groups in total. The summed E-state index contributed by atoms with van der Waals surface area (Å²) in [6, 6.07) is 9.78. The van der Waals surface area contributed by atoms with Gasteiger partial charge in [-0.2, -0.15) is 0 Å². The summed E-state index contributed by atoms with van der Waals surface area (Å²) in [6.07, 6.45) is 6.34. The van der Waals surface area contributed by atoms with Gasteiger partial charge in [-0.05, 0) is 78.5 Å². The summed E-state index contributed by atoms with van der Waals surface area (Å²) in [7, 11) is -1.85. The van der Waals surface area contributed by atoms with Gasteiger partial charge in [-0.25, -0.2) is 4.79 Å². The first-order chi connectivity index (χ1) is 14.5. The van der Waals surface area contributed by atoms with Crippen LogP contribution < -0.4 is 15.4 Å². The number of nitrogens with zero attached hydrogens (tertiary/aromatic N) is 1. The Balaban J connectivity index is 1.46. The molecule has 160 valence electrons. The van der Waals surface area contributed by atoms with E-state index in [2.05, 4.69) is 39.6 Å². The van der Waals surface area contributed by atoms with E-state index in [0.29, 0.717) is 11.7 Å². The normalized spacial score (nSPS) is 15.8. The van der Waals surface area contributed by atoms with Crippen molar-refractivity contribution in [2.45, 2.75) is 65.0 Å². The van der Waals surface area contributed by atoms with E-state index in [1.165, 1.54) is 22.3 Å². The highest BCUT2D eigenvalue weighted by atomic mass is 32.2. The van der Waals surface area contributed by atoms with Gasteiger partial charge in [0, 0.05) is 24.0 Å². The molecule has 0 aliphatic heterocycles. The fraction of sp³-hybridized carbons (Fsp3) is 0.435. The number of hydrogen-bond acceptors (Lipinski definition) is 4. The number of rotatable bonds is 6. The van der Waals surface area contributed by atoms with Crippen molar-refractivity contribution in [1.29, 1.82) is 0 Å². The van der Waals surface area contributed by atoms with Crippen LogP contribution in [0.25, 0.3) is 0 Å². The quantitative estimate of drug-likeness (QED) is 0.578. The minimum atomic E-state index is -1.85. The smallest absolute Gasteiger partial charge is 0.323 e. The first-order valence-electron chi connectivity index (χ1n) is 10.7. The van der Waals surface area contributed by atoms with Crippen LogP contribution in [0.5, 0.6) is 0 Å². The van der Waals surface area contributed by atoms with Crippen LogP contribution in [0.1, 0.15) is 54.5 Å². The lowest BCUT2D eigenvalue weighted by Gasteiger charge is -2.16. The van der Waals surface area contributed by atoms with Crippen LogP contribution in [-0.2, 0) is 47.2 Å². The third-order valence-corrected chi connectivity index (χ3v) is 6.46. The summed E-state index contributed by atoms with van der Waals surface area (Å²) in [5, 5.41) is 6.31. The van der Waals surface area contributed by atoms with Gasteiger partial charge in [0.05, 0.1) is 0 Å². The Bertz CT molecular complexity index is 1010. The number of anilines is 2. The van der Waals surface area contributed by atoms with Gasteiger partial charge >= 0.3 is 6.03 Å². The largest absolute Gasteiger partial charge is 0.435 e. The fourth-order valence-corrected chi connectivity index (χ4v) is 4.93. The fourth-order valence-electron chi connectivity index (χ4n) is 4.36. The average Bonchev–Trinajstić information content (AvgIpc) is 3.35. The zero-order chi connectivity index (χ0) is 21.1. The molecule has 0 unspecified atom stereocenters. The number of fused-ring (bicyclic) bond motifs is 2. The highest BCUT2D eigenvalue weighted by molar-refractivity contribution is 7.76. The highest BCUT2D eigenvalue weighted by Crippen LogP contribution is 2.38. The molecule has 2 aliphatic carbocycles. The van der Waals surface area contributed by atoms with Crippen molar-refractivity contribution in [3.8, 4) is 0 Å². The Morgan fingerprint density at radius 1 is 1.07 bits per heavy atom. The molecule has 2 aromatic rings. The molecule has 0 saturated heterocycles. The molecule has 6 nitrogen and oxygen atoms in total. The number of benzene rings is 2. The molecule has 7 heteroatoms. The summed E-state index contributed by atoms with van der Waals surface area (Å²) < 4.78 is 19.0. The number of hydrogen-bond donors (Lipinski definition) is 3. The van der Waals surface area contributed by atoms with Crippen LogP contribution in [0.4, 0.5) is 16.2 Å². The molecule has 0 heterocycles. The monoisotopic (exact) mass is 425 g/mol. The molecule has 0 spiro atoms. The van der Waals surface area contributed by atoms with Crippen molar-refractivity contribution in [2.24, 2.45) is 4.36 Å². The average molecular weight is 426 g/mol. The molecule has 0 radical (unpaired) electrons. The first kappa shape index (κ1) is 20.9. The lowest BCUT2D eigenvalue weighted by Crippen LogP contribution is -2.21. The lowest BCUT2D eigenvalue weighted by molar-refractivity contribution is 0.260. The van der Waals surface area contributed by atoms with Crippen LogP contribution >= 0.6 is 0 Å². The zero-order valence-electron chi connectivity index (χ0n) is 17.6. The van der Waals surface area contributed by atoms with Crippen LogP contribution in [-0.4, -0.2) is 12.1 Å². The van der Waals surface area contributed by atoms with Crippen LogP contribution in [0, 0.1) is 0 Å². The third kappa shape index (κ3) is 4.84. The van der Waals surface area contributed by atoms with E-state index in [1.54, 1.807) is 0 Å². The van der Waals surface area contributed by atoms with E-state index >= 15 is 0 Å². The second kappa shape index (κ2) is 9.18. The van der Waals surface area contributed by atoms with Crippen LogP contribution in [0.15, 0.2) is 34.7 Å². The topological polar surface area (TPSA) is 82.6 Å². The summed E-state index contributed by atoms with van der Waals surface area (Å²) in [5.41, 5.74) is 7.84. The molecule has 4 rings (SSSR count). The van der Waals surface area contributed by atoms with Gasteiger partial charge in [0.1, 0.15) is 0 Å². The lowest BCUT2D eigenvalue weighted by atomic mass is 9.99. The van der Waals surface area contributed by atoms with Crippen molar-refractivity contribution < 1.29 is 9.00 Å². The first-order valence-corrected chi connectivity index (χ1v) is 11.8. The predicted molar refractivity (Wildman–Crippen MR) is 122 cm³/mol. The van der Waals surface area contributed by atoms with Crippen molar-refractivity contribution in [1.82, 2.24) is 5.32 Å². The molecule has 30 heavy (non-hydrogen) atoms. The number of carbonyl (C=O) groups excluding carboxylic acids is 1. The van der Waals surface area contributed by atoms with Crippen LogP contribution in [0.3, 0.4) is 0 Å². The van der Waals surface area contributed by atoms with Gasteiger partial charge in [-0.15, -0.1) is 0 Å². The molecular formula is C23H29N4O2S-. The second-order valence-electron chi connectivity index (χ2n) is 8.34. The maximum absolute atomic E-state index is 12.5. The van der Waals surface area contributed by atoms with Crippen molar-refractivity contribution in [3.05, 3.63) is 58.1 Å². The van der Waals surface area contributed by atoms with E-state index in [1.807, 2.05) is 24.3 Å². The number of urea groups is 1. The molecule has 2 aliphatic rings. The zero-order valence-corrected chi connectivity index (χ0v) is 18.4. The number of carbonyl (C=O) groups is 1. The summed E-state index contributed by atoms with van der Waals surface area (Å²) in [4.78, 5) is 12.5. The SMILES string of the molecule is CC(C)NCc1cccc(N[S-](=O)=NC(=O)Nc2c3c(cc4c2CCC4)CCC3)c1. The Morgan fingerprint density at radius 3 is 2.43 bits per heavy atom. The standard InChI is InChI=1S/C23H29N4O2S/c1-15(2)24-14-16-6-3-9-19(12-16)26-30(29)27-23(28)25-22-20-10-4-7-17(20)13-18-8-5-11-21(18)22/h3,6,9,12-13,15,24H,4-5,7-8,10-11,14H2,1-2H3,(H2,25,26,27,28,29)/q-1. The van der Waals surface area contributed by atoms with Crippen molar-refractivity contribution in [2.75, 3.05) is 10.0 Å². The number of nitrogens with one attached hydrogen (secondary N) is 3. The second-order valence-corrected chi connectivity index (χ2v) is 9.23. The van der Waals surface area contributed by atoms with E-state index < -0.39 is 16.8 Å². The van der Waals surface area contributed by atoms with Gasteiger partial charge < -0.3 is 19.6 Å². The molecule has 0 bridgehead atoms. The maximum Gasteiger partial charge on any atom is 0.323 e. The van der Waals surface area contributed by atoms with Crippen molar-refractivity contribution >= 4 is 28.2 Å². The van der Waals surface area contributed by atoms with E-state index in [9.17, 15) is 9.00 Å². The minimum absolute atomic E-state index is 0.385. The summed E-state index contributed by atoms with van der Waals surface area (Å²) in [5.74, 6) is 0. The predicted octanol–water partition coefficient (Wildman–Crippen LogP) is 4.87. The van der Waals surface area contributed by atoms with Crippen molar-refractivity contribution in [3.63, 3.8) is 0 Å².